The van der Waals surface area contributed by atoms with Crippen molar-refractivity contribution < 1.29 is 4.74 Å². The largest absolute Gasteiger partial charge is 0.495 e. The molecular formula is C11H8Cl2N2O. The summed E-state index contributed by atoms with van der Waals surface area (Å²) in [5.41, 5.74) is 1.41. The van der Waals surface area contributed by atoms with E-state index in [9.17, 15) is 0 Å². The molecule has 82 valence electrons. The van der Waals surface area contributed by atoms with Gasteiger partial charge in [0.1, 0.15) is 11.4 Å². The van der Waals surface area contributed by atoms with E-state index >= 15 is 0 Å². The van der Waals surface area contributed by atoms with Crippen LogP contribution in [0.2, 0.25) is 10.2 Å². The number of rotatable bonds is 2. The fraction of sp³-hybridized carbons (Fsp3) is 0.0909. The number of methoxy groups -OCH3 is 1. The highest BCUT2D eigenvalue weighted by atomic mass is 35.5. The Hall–Kier alpha value is -1.32. The minimum atomic E-state index is 0.351. The van der Waals surface area contributed by atoms with Gasteiger partial charge in [0.2, 0.25) is 0 Å². The molecule has 16 heavy (non-hydrogen) atoms. The molecule has 2 aromatic rings. The van der Waals surface area contributed by atoms with Crippen LogP contribution in [0.1, 0.15) is 0 Å². The van der Waals surface area contributed by atoms with Crippen molar-refractivity contribution in [3.05, 3.63) is 40.8 Å². The Kier molecular flexibility index (Phi) is 3.27. The number of nitrogens with zero attached hydrogens (tertiary/aromatic N) is 2. The first-order chi connectivity index (χ1) is 7.72. The average Bonchev–Trinajstić information content (AvgIpc) is 2.29. The number of aromatic nitrogens is 2. The quantitative estimate of drug-likeness (QED) is 0.824. The van der Waals surface area contributed by atoms with E-state index in [4.69, 9.17) is 27.9 Å². The van der Waals surface area contributed by atoms with E-state index in [1.165, 1.54) is 6.20 Å². The molecule has 0 spiro atoms. The molecule has 3 nitrogen and oxygen atoms in total. The van der Waals surface area contributed by atoms with Crippen molar-refractivity contribution >= 4 is 23.2 Å². The van der Waals surface area contributed by atoms with Crippen LogP contribution in [0.25, 0.3) is 11.3 Å². The molecular weight excluding hydrogens is 247 g/mol. The molecule has 0 amide bonds. The molecule has 0 saturated carbocycles. The molecule has 0 fully saturated rings. The molecule has 0 atom stereocenters. The van der Waals surface area contributed by atoms with Crippen molar-refractivity contribution in [2.75, 3.05) is 7.11 Å². The Morgan fingerprint density at radius 1 is 1.12 bits per heavy atom. The van der Waals surface area contributed by atoms with E-state index in [1.807, 2.05) is 6.07 Å². The Labute approximate surface area is 103 Å². The summed E-state index contributed by atoms with van der Waals surface area (Å²) in [6.07, 6.45) is 3.12. The number of hydrogen-bond donors (Lipinski definition) is 0. The molecule has 1 aromatic heterocycles. The van der Waals surface area contributed by atoms with Crippen LogP contribution < -0.4 is 4.74 Å². The lowest BCUT2D eigenvalue weighted by molar-refractivity contribution is 0.415. The lowest BCUT2D eigenvalue weighted by Crippen LogP contribution is -1.89. The summed E-state index contributed by atoms with van der Waals surface area (Å²) in [5.74, 6) is 0.616. The van der Waals surface area contributed by atoms with Crippen LogP contribution in [-0.2, 0) is 0 Å². The highest BCUT2D eigenvalue weighted by Crippen LogP contribution is 2.31. The van der Waals surface area contributed by atoms with Crippen LogP contribution in [0.4, 0.5) is 0 Å². The van der Waals surface area contributed by atoms with E-state index in [0.717, 1.165) is 5.56 Å². The van der Waals surface area contributed by atoms with Gasteiger partial charge in [-0.05, 0) is 18.2 Å². The third kappa shape index (κ3) is 2.10. The molecule has 0 aliphatic carbocycles. The predicted molar refractivity (Wildman–Crippen MR) is 64.0 cm³/mol. The summed E-state index contributed by atoms with van der Waals surface area (Å²) >= 11 is 12.0. The Morgan fingerprint density at radius 2 is 1.88 bits per heavy atom. The fourth-order valence-corrected chi connectivity index (χ4v) is 1.80. The summed E-state index contributed by atoms with van der Waals surface area (Å²) < 4.78 is 5.07. The maximum atomic E-state index is 6.02. The zero-order valence-electron chi connectivity index (χ0n) is 8.45. The minimum Gasteiger partial charge on any atom is -0.495 e. The van der Waals surface area contributed by atoms with Crippen molar-refractivity contribution in [2.45, 2.75) is 0 Å². The molecule has 0 aliphatic heterocycles. The van der Waals surface area contributed by atoms with Crippen LogP contribution in [0, 0.1) is 0 Å². The second-order valence-corrected chi connectivity index (χ2v) is 3.81. The van der Waals surface area contributed by atoms with E-state index < -0.39 is 0 Å². The van der Waals surface area contributed by atoms with Crippen LogP contribution in [0.3, 0.4) is 0 Å². The SMILES string of the molecule is COc1ccc(-c2nccnc2Cl)cc1Cl. The molecule has 0 aliphatic rings. The van der Waals surface area contributed by atoms with Gasteiger partial charge in [-0.1, -0.05) is 23.2 Å². The molecule has 5 heteroatoms. The summed E-state index contributed by atoms with van der Waals surface area (Å²) in [7, 11) is 1.57. The van der Waals surface area contributed by atoms with Crippen LogP contribution in [0.5, 0.6) is 5.75 Å². The molecule has 0 bridgehead atoms. The fourth-order valence-electron chi connectivity index (χ4n) is 1.33. The van der Waals surface area contributed by atoms with Crippen molar-refractivity contribution in [2.24, 2.45) is 0 Å². The zero-order valence-corrected chi connectivity index (χ0v) is 9.96. The van der Waals surface area contributed by atoms with Crippen LogP contribution >= 0.6 is 23.2 Å². The van der Waals surface area contributed by atoms with Crippen molar-refractivity contribution in [1.29, 1.82) is 0 Å². The second kappa shape index (κ2) is 4.68. The Morgan fingerprint density at radius 3 is 2.50 bits per heavy atom. The normalized spacial score (nSPS) is 10.2. The van der Waals surface area contributed by atoms with Gasteiger partial charge >= 0.3 is 0 Å². The molecule has 0 radical (unpaired) electrons. The van der Waals surface area contributed by atoms with E-state index in [1.54, 1.807) is 25.4 Å². The van der Waals surface area contributed by atoms with Crippen LogP contribution in [0.15, 0.2) is 30.6 Å². The first-order valence-corrected chi connectivity index (χ1v) is 5.28. The standard InChI is InChI=1S/C11H8Cl2N2O/c1-16-9-3-2-7(6-8(9)12)10-11(13)15-5-4-14-10/h2-6H,1H3. The third-order valence-corrected chi connectivity index (χ3v) is 2.65. The van der Waals surface area contributed by atoms with Gasteiger partial charge < -0.3 is 4.74 Å². The molecule has 2 rings (SSSR count). The van der Waals surface area contributed by atoms with Crippen molar-refractivity contribution in [3.8, 4) is 17.0 Å². The number of benzene rings is 1. The molecule has 1 heterocycles. The summed E-state index contributed by atoms with van der Waals surface area (Å²) in [4.78, 5) is 8.11. The van der Waals surface area contributed by atoms with Crippen molar-refractivity contribution in [1.82, 2.24) is 9.97 Å². The highest BCUT2D eigenvalue weighted by Gasteiger charge is 2.08. The van der Waals surface area contributed by atoms with Gasteiger partial charge in [-0.15, -0.1) is 0 Å². The topological polar surface area (TPSA) is 35.0 Å². The molecule has 1 aromatic carbocycles. The number of hydrogen-bond acceptors (Lipinski definition) is 3. The summed E-state index contributed by atoms with van der Waals surface area (Å²) in [6.45, 7) is 0. The van der Waals surface area contributed by atoms with Gasteiger partial charge in [-0.2, -0.15) is 0 Å². The zero-order chi connectivity index (χ0) is 11.5. The van der Waals surface area contributed by atoms with Gasteiger partial charge in [0.25, 0.3) is 0 Å². The first-order valence-electron chi connectivity index (χ1n) is 4.53. The molecule has 0 N–H and O–H groups in total. The van der Waals surface area contributed by atoms with Gasteiger partial charge in [0, 0.05) is 18.0 Å². The first kappa shape index (κ1) is 11.2. The van der Waals surface area contributed by atoms with Gasteiger partial charge in [0.15, 0.2) is 5.15 Å². The smallest absolute Gasteiger partial charge is 0.155 e. The number of ether oxygens (including phenoxy) is 1. The lowest BCUT2D eigenvalue weighted by atomic mass is 10.1. The van der Waals surface area contributed by atoms with Crippen LogP contribution in [-0.4, -0.2) is 17.1 Å². The molecule has 0 unspecified atom stereocenters. The van der Waals surface area contributed by atoms with Gasteiger partial charge in [0.05, 0.1) is 12.1 Å². The Balaban J connectivity index is 2.50. The lowest BCUT2D eigenvalue weighted by Gasteiger charge is -2.06. The molecule has 0 saturated heterocycles. The van der Waals surface area contributed by atoms with E-state index in [-0.39, 0.29) is 0 Å². The van der Waals surface area contributed by atoms with Gasteiger partial charge in [-0.25, -0.2) is 4.98 Å². The maximum Gasteiger partial charge on any atom is 0.155 e. The monoisotopic (exact) mass is 254 g/mol. The predicted octanol–water partition coefficient (Wildman–Crippen LogP) is 3.46. The summed E-state index contributed by atoms with van der Waals surface area (Å²) in [5, 5.41) is 0.866. The van der Waals surface area contributed by atoms with E-state index in [2.05, 4.69) is 9.97 Å². The van der Waals surface area contributed by atoms with E-state index in [0.29, 0.717) is 21.6 Å². The third-order valence-electron chi connectivity index (χ3n) is 2.08. The van der Waals surface area contributed by atoms with Gasteiger partial charge in [-0.3, -0.25) is 4.98 Å². The Bertz CT molecular complexity index is 517. The number of halogens is 2. The average molecular weight is 255 g/mol. The maximum absolute atomic E-state index is 6.02. The summed E-state index contributed by atoms with van der Waals surface area (Å²) in [6, 6.07) is 5.35. The van der Waals surface area contributed by atoms with Crippen molar-refractivity contribution in [3.63, 3.8) is 0 Å². The second-order valence-electron chi connectivity index (χ2n) is 3.05. The minimum absolute atomic E-state index is 0.351. The highest BCUT2D eigenvalue weighted by molar-refractivity contribution is 6.33.